The van der Waals surface area contributed by atoms with Crippen LogP contribution >= 0.6 is 11.6 Å². The highest BCUT2D eigenvalue weighted by Gasteiger charge is 2.20. The maximum atomic E-state index is 13.4. The average Bonchev–Trinajstić information content (AvgIpc) is 2.68. The quantitative estimate of drug-likeness (QED) is 0.465. The number of carbonyl (C=O) groups is 1. The zero-order valence-electron chi connectivity index (χ0n) is 14.7. The van der Waals surface area contributed by atoms with E-state index in [4.69, 9.17) is 16.6 Å². The van der Waals surface area contributed by atoms with Crippen molar-refractivity contribution in [2.75, 3.05) is 0 Å². The SMILES string of the molecule is O=C(O)Cc1c(-c2ccc(F)cc2)nc2ccc(Cl)cc2c1-c1ccccc1. The molecule has 1 heterocycles. The summed E-state index contributed by atoms with van der Waals surface area (Å²) in [6.07, 6.45) is -0.216. The molecule has 1 aromatic heterocycles. The number of pyridine rings is 1. The lowest BCUT2D eigenvalue weighted by Crippen LogP contribution is -2.06. The number of halogens is 2. The van der Waals surface area contributed by atoms with Crippen LogP contribution in [0.15, 0.2) is 72.8 Å². The van der Waals surface area contributed by atoms with Crippen molar-refractivity contribution < 1.29 is 14.3 Å². The summed E-state index contributed by atoms with van der Waals surface area (Å²) in [4.78, 5) is 16.4. The number of hydrogen-bond donors (Lipinski definition) is 1. The van der Waals surface area contributed by atoms with Gasteiger partial charge in [-0.05, 0) is 59.2 Å². The number of fused-ring (bicyclic) bond motifs is 1. The van der Waals surface area contributed by atoms with Crippen LogP contribution in [0.2, 0.25) is 5.02 Å². The van der Waals surface area contributed by atoms with E-state index in [0.717, 1.165) is 16.5 Å². The van der Waals surface area contributed by atoms with Gasteiger partial charge < -0.3 is 5.11 Å². The van der Waals surface area contributed by atoms with Crippen molar-refractivity contribution in [1.82, 2.24) is 4.98 Å². The molecule has 0 saturated carbocycles. The Balaban J connectivity index is 2.13. The Morgan fingerprint density at radius 2 is 1.68 bits per heavy atom. The van der Waals surface area contributed by atoms with Crippen LogP contribution < -0.4 is 0 Å². The van der Waals surface area contributed by atoms with Crippen molar-refractivity contribution >= 4 is 28.5 Å². The monoisotopic (exact) mass is 391 g/mol. The van der Waals surface area contributed by atoms with Crippen molar-refractivity contribution in [3.63, 3.8) is 0 Å². The third-order valence-corrected chi connectivity index (χ3v) is 4.79. The smallest absolute Gasteiger partial charge is 0.307 e. The molecule has 0 bridgehead atoms. The lowest BCUT2D eigenvalue weighted by molar-refractivity contribution is -0.136. The molecule has 3 nitrogen and oxygen atoms in total. The third kappa shape index (κ3) is 3.47. The van der Waals surface area contributed by atoms with Gasteiger partial charge in [-0.1, -0.05) is 41.9 Å². The van der Waals surface area contributed by atoms with Crippen LogP contribution in [0.25, 0.3) is 33.3 Å². The molecule has 1 N–H and O–H groups in total. The maximum Gasteiger partial charge on any atom is 0.307 e. The molecule has 0 amide bonds. The molecular weight excluding hydrogens is 377 g/mol. The van der Waals surface area contributed by atoms with Crippen molar-refractivity contribution in [1.29, 1.82) is 0 Å². The molecule has 3 aromatic carbocycles. The lowest BCUT2D eigenvalue weighted by Gasteiger charge is -2.17. The Hall–Kier alpha value is -3.24. The number of rotatable bonds is 4. The predicted molar refractivity (Wildman–Crippen MR) is 109 cm³/mol. The van der Waals surface area contributed by atoms with Crippen LogP contribution in [0, 0.1) is 5.82 Å². The van der Waals surface area contributed by atoms with Crippen molar-refractivity contribution in [2.45, 2.75) is 6.42 Å². The number of hydrogen-bond acceptors (Lipinski definition) is 2. The predicted octanol–water partition coefficient (Wildman–Crippen LogP) is 5.99. The van der Waals surface area contributed by atoms with Crippen molar-refractivity contribution in [3.8, 4) is 22.4 Å². The van der Waals surface area contributed by atoms with Crippen molar-refractivity contribution in [3.05, 3.63) is 89.2 Å². The summed E-state index contributed by atoms with van der Waals surface area (Å²) in [5, 5.41) is 10.9. The summed E-state index contributed by atoms with van der Waals surface area (Å²) in [7, 11) is 0. The molecule has 138 valence electrons. The minimum absolute atomic E-state index is 0.216. The van der Waals surface area contributed by atoms with E-state index >= 15 is 0 Å². The van der Waals surface area contributed by atoms with Gasteiger partial charge in [0.05, 0.1) is 17.6 Å². The van der Waals surface area contributed by atoms with Crippen LogP contribution in [0.4, 0.5) is 4.39 Å². The van der Waals surface area contributed by atoms with Gasteiger partial charge in [0.15, 0.2) is 0 Å². The van der Waals surface area contributed by atoms with E-state index in [9.17, 15) is 14.3 Å². The van der Waals surface area contributed by atoms with E-state index in [1.165, 1.54) is 12.1 Å². The highest BCUT2D eigenvalue weighted by atomic mass is 35.5. The molecule has 4 aromatic rings. The first-order valence-corrected chi connectivity index (χ1v) is 9.06. The summed E-state index contributed by atoms with van der Waals surface area (Å²) in [6.45, 7) is 0. The zero-order valence-corrected chi connectivity index (χ0v) is 15.4. The molecule has 0 fully saturated rings. The number of aromatic nitrogens is 1. The van der Waals surface area contributed by atoms with E-state index in [1.807, 2.05) is 36.4 Å². The molecule has 28 heavy (non-hydrogen) atoms. The summed E-state index contributed by atoms with van der Waals surface area (Å²) in [6, 6.07) is 20.8. The van der Waals surface area contributed by atoms with E-state index in [1.54, 1.807) is 24.3 Å². The summed E-state index contributed by atoms with van der Waals surface area (Å²) < 4.78 is 13.4. The zero-order chi connectivity index (χ0) is 19.7. The Kier molecular flexibility index (Phi) is 4.80. The molecule has 4 rings (SSSR count). The Morgan fingerprint density at radius 3 is 2.36 bits per heavy atom. The molecule has 0 aliphatic heterocycles. The minimum Gasteiger partial charge on any atom is -0.481 e. The Morgan fingerprint density at radius 1 is 0.964 bits per heavy atom. The first-order valence-electron chi connectivity index (χ1n) is 8.68. The molecular formula is C23H15ClFNO2. The van der Waals surface area contributed by atoms with E-state index < -0.39 is 5.97 Å². The molecule has 0 atom stereocenters. The van der Waals surface area contributed by atoms with Gasteiger partial charge in [0.25, 0.3) is 0 Å². The van der Waals surface area contributed by atoms with Gasteiger partial charge in [0.2, 0.25) is 0 Å². The van der Waals surface area contributed by atoms with Gasteiger partial charge in [-0.15, -0.1) is 0 Å². The van der Waals surface area contributed by atoms with E-state index in [2.05, 4.69) is 0 Å². The second-order valence-corrected chi connectivity index (χ2v) is 6.86. The fourth-order valence-electron chi connectivity index (χ4n) is 3.38. The number of benzene rings is 3. The topological polar surface area (TPSA) is 50.2 Å². The summed E-state index contributed by atoms with van der Waals surface area (Å²) in [5.74, 6) is -1.33. The van der Waals surface area contributed by atoms with Gasteiger partial charge in [0.1, 0.15) is 5.82 Å². The van der Waals surface area contributed by atoms with Crippen LogP contribution in [-0.2, 0) is 11.2 Å². The van der Waals surface area contributed by atoms with Crippen LogP contribution in [-0.4, -0.2) is 16.1 Å². The standard InChI is InChI=1S/C23H15ClFNO2/c24-16-8-11-20-18(12-16)22(14-4-2-1-3-5-14)19(13-21(27)28)23(26-20)15-6-9-17(25)10-7-15/h1-12H,13H2,(H,27,28). The third-order valence-electron chi connectivity index (χ3n) is 4.56. The molecule has 0 radical (unpaired) electrons. The van der Waals surface area contributed by atoms with E-state index in [-0.39, 0.29) is 12.2 Å². The largest absolute Gasteiger partial charge is 0.481 e. The van der Waals surface area contributed by atoms with Crippen LogP contribution in [0.1, 0.15) is 5.56 Å². The lowest BCUT2D eigenvalue weighted by atomic mass is 9.90. The normalized spacial score (nSPS) is 10.9. The molecule has 0 spiro atoms. The molecule has 5 heteroatoms. The van der Waals surface area contributed by atoms with Gasteiger partial charge in [-0.2, -0.15) is 0 Å². The maximum absolute atomic E-state index is 13.4. The van der Waals surface area contributed by atoms with Gasteiger partial charge >= 0.3 is 5.97 Å². The highest BCUT2D eigenvalue weighted by molar-refractivity contribution is 6.31. The van der Waals surface area contributed by atoms with Crippen LogP contribution in [0.3, 0.4) is 0 Å². The fourth-order valence-corrected chi connectivity index (χ4v) is 3.55. The van der Waals surface area contributed by atoms with Gasteiger partial charge in [0, 0.05) is 16.0 Å². The second-order valence-electron chi connectivity index (χ2n) is 6.42. The molecule has 0 aliphatic rings. The molecule has 0 saturated heterocycles. The Bertz CT molecular complexity index is 1170. The van der Waals surface area contributed by atoms with Gasteiger partial charge in [-0.3, -0.25) is 4.79 Å². The number of carboxylic acids is 1. The number of carboxylic acid groups (broad SMARTS) is 1. The van der Waals surface area contributed by atoms with Crippen LogP contribution in [0.5, 0.6) is 0 Å². The minimum atomic E-state index is -0.969. The summed E-state index contributed by atoms with van der Waals surface area (Å²) >= 11 is 6.22. The number of aliphatic carboxylic acids is 1. The highest BCUT2D eigenvalue weighted by Crippen LogP contribution is 2.38. The van der Waals surface area contributed by atoms with Crippen molar-refractivity contribution in [2.24, 2.45) is 0 Å². The van der Waals surface area contributed by atoms with Gasteiger partial charge in [-0.25, -0.2) is 9.37 Å². The first-order chi connectivity index (χ1) is 13.5. The first kappa shape index (κ1) is 18.1. The second kappa shape index (κ2) is 7.41. The fraction of sp³-hybridized carbons (Fsp3) is 0.0435. The number of nitrogens with zero attached hydrogens (tertiary/aromatic N) is 1. The average molecular weight is 392 g/mol. The Labute approximate surface area is 166 Å². The molecule has 0 aliphatic carbocycles. The van der Waals surface area contributed by atoms with E-state index in [0.29, 0.717) is 27.4 Å². The summed E-state index contributed by atoms with van der Waals surface area (Å²) in [5.41, 5.74) is 4.09. The molecule has 0 unspecified atom stereocenters.